The van der Waals surface area contributed by atoms with Gasteiger partial charge in [0, 0.05) is 12.1 Å². The first kappa shape index (κ1) is 15.6. The van der Waals surface area contributed by atoms with Crippen molar-refractivity contribution in [3.8, 4) is 34.5 Å². The summed E-state index contributed by atoms with van der Waals surface area (Å²) in [5.41, 5.74) is -1.45. The van der Waals surface area contributed by atoms with E-state index in [9.17, 15) is 9.59 Å². The van der Waals surface area contributed by atoms with E-state index >= 15 is 0 Å². The molecular formula is C18H14O6. The molecule has 122 valence electrons. The summed E-state index contributed by atoms with van der Waals surface area (Å²) in [6.07, 6.45) is 0. The van der Waals surface area contributed by atoms with Gasteiger partial charge in [0.05, 0.1) is 14.2 Å². The molecule has 0 aliphatic rings. The molecule has 3 rings (SSSR count). The Morgan fingerprint density at radius 2 is 1.00 bits per heavy atom. The third-order valence-corrected chi connectivity index (χ3v) is 3.35. The van der Waals surface area contributed by atoms with Crippen LogP contribution >= 0.6 is 0 Å². The average Bonchev–Trinajstić information content (AvgIpc) is 2.64. The van der Waals surface area contributed by atoms with Gasteiger partial charge in [-0.25, -0.2) is 0 Å². The van der Waals surface area contributed by atoms with E-state index in [0.717, 1.165) is 0 Å². The van der Waals surface area contributed by atoms with Gasteiger partial charge in [0.2, 0.25) is 11.5 Å². The standard InChI is InChI=1S/C18H14O6/c1-21-11-5-3-7-13(9-11)23-17-15(19)16(20)18(17)24-14-8-4-6-12(10-14)22-2/h3-10H,1-2H3. The first-order chi connectivity index (χ1) is 11.6. The van der Waals surface area contributed by atoms with Crippen LogP contribution in [0.4, 0.5) is 0 Å². The van der Waals surface area contributed by atoms with Crippen LogP contribution in [-0.4, -0.2) is 14.2 Å². The number of ether oxygens (including phenoxy) is 4. The van der Waals surface area contributed by atoms with Gasteiger partial charge < -0.3 is 18.9 Å². The Labute approximate surface area is 137 Å². The summed E-state index contributed by atoms with van der Waals surface area (Å²) in [6.45, 7) is 0. The highest BCUT2D eigenvalue weighted by Crippen LogP contribution is 2.32. The van der Waals surface area contributed by atoms with Crippen LogP contribution in [0, 0.1) is 0 Å². The molecular weight excluding hydrogens is 312 g/mol. The van der Waals surface area contributed by atoms with Gasteiger partial charge in [-0.3, -0.25) is 9.59 Å². The molecule has 0 N–H and O–H groups in total. The highest BCUT2D eigenvalue weighted by atomic mass is 16.5. The first-order valence-corrected chi connectivity index (χ1v) is 7.09. The molecule has 0 heterocycles. The van der Waals surface area contributed by atoms with Gasteiger partial charge in [0.25, 0.3) is 10.9 Å². The van der Waals surface area contributed by atoms with Crippen molar-refractivity contribution in [2.75, 3.05) is 14.2 Å². The van der Waals surface area contributed by atoms with Crippen LogP contribution in [0.1, 0.15) is 0 Å². The average molecular weight is 326 g/mol. The van der Waals surface area contributed by atoms with E-state index in [1.807, 2.05) is 0 Å². The van der Waals surface area contributed by atoms with E-state index in [1.165, 1.54) is 14.2 Å². The minimum absolute atomic E-state index is 0.129. The van der Waals surface area contributed by atoms with Crippen molar-refractivity contribution < 1.29 is 18.9 Å². The Hall–Kier alpha value is -3.28. The lowest BCUT2D eigenvalue weighted by atomic mass is 10.2. The Kier molecular flexibility index (Phi) is 4.20. The topological polar surface area (TPSA) is 71.1 Å². The third-order valence-electron chi connectivity index (χ3n) is 3.35. The van der Waals surface area contributed by atoms with Crippen molar-refractivity contribution in [1.29, 1.82) is 0 Å². The summed E-state index contributed by atoms with van der Waals surface area (Å²) in [6, 6.07) is 13.4. The van der Waals surface area contributed by atoms with Gasteiger partial charge in [-0.1, -0.05) is 12.1 Å². The lowest BCUT2D eigenvalue weighted by Gasteiger charge is -2.13. The Morgan fingerprint density at radius 3 is 1.38 bits per heavy atom. The van der Waals surface area contributed by atoms with Crippen molar-refractivity contribution in [2.24, 2.45) is 0 Å². The molecule has 0 saturated carbocycles. The lowest BCUT2D eigenvalue weighted by molar-refractivity contribution is 0.386. The minimum Gasteiger partial charge on any atom is -0.497 e. The summed E-state index contributed by atoms with van der Waals surface area (Å²) >= 11 is 0. The number of rotatable bonds is 6. The summed E-state index contributed by atoms with van der Waals surface area (Å²) in [5, 5.41) is 0. The number of methoxy groups -OCH3 is 2. The second kappa shape index (κ2) is 6.45. The third kappa shape index (κ3) is 2.94. The van der Waals surface area contributed by atoms with Gasteiger partial charge in [0.15, 0.2) is 0 Å². The normalized spacial score (nSPS) is 10.4. The molecule has 6 heteroatoms. The van der Waals surface area contributed by atoms with Gasteiger partial charge in [-0.15, -0.1) is 0 Å². The van der Waals surface area contributed by atoms with Crippen molar-refractivity contribution in [1.82, 2.24) is 0 Å². The molecule has 0 spiro atoms. The highest BCUT2D eigenvalue weighted by molar-refractivity contribution is 5.51. The van der Waals surface area contributed by atoms with Crippen LogP contribution in [0.15, 0.2) is 58.1 Å². The molecule has 0 aliphatic carbocycles. The molecule has 0 amide bonds. The zero-order valence-corrected chi connectivity index (χ0v) is 13.1. The zero-order valence-electron chi connectivity index (χ0n) is 13.1. The lowest BCUT2D eigenvalue weighted by Crippen LogP contribution is -2.32. The maximum Gasteiger partial charge on any atom is 0.276 e. The van der Waals surface area contributed by atoms with E-state index in [4.69, 9.17) is 18.9 Å². The molecule has 3 aromatic carbocycles. The summed E-state index contributed by atoms with van der Waals surface area (Å²) in [4.78, 5) is 23.6. The molecule has 0 atom stereocenters. The molecule has 6 nitrogen and oxygen atoms in total. The van der Waals surface area contributed by atoms with Crippen molar-refractivity contribution in [2.45, 2.75) is 0 Å². The molecule has 3 aromatic rings. The summed E-state index contributed by atoms with van der Waals surface area (Å²) in [7, 11) is 3.04. The Bertz CT molecular complexity index is 860. The maximum atomic E-state index is 11.8. The van der Waals surface area contributed by atoms with Crippen LogP contribution in [0.3, 0.4) is 0 Å². The predicted octanol–water partition coefficient (Wildman–Crippen LogP) is 2.88. The molecule has 24 heavy (non-hydrogen) atoms. The maximum absolute atomic E-state index is 11.8. The van der Waals surface area contributed by atoms with Crippen LogP contribution < -0.4 is 29.8 Å². The molecule has 0 aliphatic heterocycles. The fourth-order valence-electron chi connectivity index (χ4n) is 2.10. The highest BCUT2D eigenvalue weighted by Gasteiger charge is 2.26. The molecule has 0 fully saturated rings. The van der Waals surface area contributed by atoms with Gasteiger partial charge in [-0.05, 0) is 24.3 Å². The number of benzene rings is 2. The largest absolute Gasteiger partial charge is 0.497 e. The van der Waals surface area contributed by atoms with Crippen LogP contribution in [0.25, 0.3) is 0 Å². The van der Waals surface area contributed by atoms with Crippen molar-refractivity contribution in [3.05, 3.63) is 69.0 Å². The minimum atomic E-state index is -0.726. The fraction of sp³-hybridized carbons (Fsp3) is 0.111. The van der Waals surface area contributed by atoms with E-state index < -0.39 is 10.9 Å². The van der Waals surface area contributed by atoms with Gasteiger partial charge >= 0.3 is 0 Å². The van der Waals surface area contributed by atoms with E-state index in [-0.39, 0.29) is 11.5 Å². The second-order valence-corrected chi connectivity index (χ2v) is 4.88. The SMILES string of the molecule is COc1cccc(Oc2c(Oc3cccc(OC)c3)c(=O)c2=O)c1. The molecule has 0 unspecified atom stereocenters. The van der Waals surface area contributed by atoms with E-state index in [1.54, 1.807) is 48.5 Å². The predicted molar refractivity (Wildman–Crippen MR) is 87.5 cm³/mol. The molecule has 0 aromatic heterocycles. The van der Waals surface area contributed by atoms with E-state index in [0.29, 0.717) is 23.0 Å². The molecule has 0 radical (unpaired) electrons. The fourth-order valence-corrected chi connectivity index (χ4v) is 2.10. The molecule has 0 saturated heterocycles. The van der Waals surface area contributed by atoms with Crippen molar-refractivity contribution in [3.63, 3.8) is 0 Å². The second-order valence-electron chi connectivity index (χ2n) is 4.88. The molecule has 0 bridgehead atoms. The summed E-state index contributed by atoms with van der Waals surface area (Å²) in [5.74, 6) is 1.63. The van der Waals surface area contributed by atoms with Gasteiger partial charge in [0.1, 0.15) is 23.0 Å². The quantitative estimate of drug-likeness (QED) is 0.649. The van der Waals surface area contributed by atoms with Gasteiger partial charge in [-0.2, -0.15) is 0 Å². The summed E-state index contributed by atoms with van der Waals surface area (Å²) < 4.78 is 21.2. The monoisotopic (exact) mass is 326 g/mol. The number of hydrogen-bond acceptors (Lipinski definition) is 6. The van der Waals surface area contributed by atoms with Crippen LogP contribution in [-0.2, 0) is 0 Å². The van der Waals surface area contributed by atoms with Crippen LogP contribution in [0.2, 0.25) is 0 Å². The number of hydrogen-bond donors (Lipinski definition) is 0. The van der Waals surface area contributed by atoms with E-state index in [2.05, 4.69) is 0 Å². The smallest absolute Gasteiger partial charge is 0.276 e. The Balaban J connectivity index is 1.86. The first-order valence-electron chi connectivity index (χ1n) is 7.09. The zero-order chi connectivity index (χ0) is 17.1. The Morgan fingerprint density at radius 1 is 0.625 bits per heavy atom. The van der Waals surface area contributed by atoms with Crippen molar-refractivity contribution >= 4 is 0 Å². The van der Waals surface area contributed by atoms with Crippen LogP contribution in [0.5, 0.6) is 34.5 Å².